The number of rotatable bonds is 2. The number of ether oxygens (including phenoxy) is 1. The maximum Gasteiger partial charge on any atom is 0.246 e. The smallest absolute Gasteiger partial charge is 0.246 e. The Kier molecular flexibility index (Phi) is 2.11. The fourth-order valence-electron chi connectivity index (χ4n) is 0.727. The molecule has 0 saturated carbocycles. The Balaban J connectivity index is 2.57. The van der Waals surface area contributed by atoms with Crippen molar-refractivity contribution in [2.45, 2.75) is 12.1 Å². The average Bonchev–Trinajstić information content (AvgIpc) is 2.33. The summed E-state index contributed by atoms with van der Waals surface area (Å²) in [7, 11) is 0. The summed E-state index contributed by atoms with van der Waals surface area (Å²) in [6.07, 6.45) is 0.835. The van der Waals surface area contributed by atoms with Crippen LogP contribution in [0.2, 0.25) is 0 Å². The second-order valence-corrected chi connectivity index (χ2v) is 2.24. The average molecular weight is 163 g/mol. The molecule has 0 radical (unpaired) electrons. The van der Waals surface area contributed by atoms with Crippen LogP contribution in [0.4, 0.5) is 0 Å². The summed E-state index contributed by atoms with van der Waals surface area (Å²) in [5, 5.41) is 0. The minimum absolute atomic E-state index is 0.230. The van der Waals surface area contributed by atoms with E-state index < -0.39 is 11.9 Å². The van der Waals surface area contributed by atoms with E-state index in [1.165, 1.54) is 6.40 Å². The number of aliphatic imine (C=N–C) groups is 1. The van der Waals surface area contributed by atoms with Gasteiger partial charge in [0.25, 0.3) is 0 Å². The van der Waals surface area contributed by atoms with E-state index in [1.807, 2.05) is 0 Å². The molecule has 56 valence electrons. The molecule has 0 fully saturated rings. The molecule has 2 unspecified atom stereocenters. The number of alkyl halides is 1. The predicted molar refractivity (Wildman–Crippen MR) is 37.1 cm³/mol. The highest BCUT2D eigenvalue weighted by atomic mass is 35.5. The van der Waals surface area contributed by atoms with Gasteiger partial charge in [-0.3, -0.25) is 4.79 Å². The quantitative estimate of drug-likeness (QED) is 0.557. The fraction of sp³-hybridized carbons (Fsp3) is 0.600. The summed E-state index contributed by atoms with van der Waals surface area (Å²) in [5.41, 5.74) is 4.97. The van der Waals surface area contributed by atoms with Crippen molar-refractivity contribution in [3.8, 4) is 0 Å². The van der Waals surface area contributed by atoms with Crippen LogP contribution >= 0.6 is 11.6 Å². The van der Waals surface area contributed by atoms with Gasteiger partial charge in [-0.25, -0.2) is 4.99 Å². The summed E-state index contributed by atoms with van der Waals surface area (Å²) in [6.45, 7) is 0. The third kappa shape index (κ3) is 1.21. The van der Waals surface area contributed by atoms with Crippen molar-refractivity contribution < 1.29 is 9.53 Å². The third-order valence-corrected chi connectivity index (χ3v) is 1.56. The summed E-state index contributed by atoms with van der Waals surface area (Å²) in [4.78, 5) is 14.2. The molecule has 2 N–H and O–H groups in total. The van der Waals surface area contributed by atoms with Crippen LogP contribution in [-0.2, 0) is 9.53 Å². The zero-order valence-electron chi connectivity index (χ0n) is 5.16. The molecule has 2 atom stereocenters. The van der Waals surface area contributed by atoms with E-state index in [1.54, 1.807) is 0 Å². The van der Waals surface area contributed by atoms with Crippen molar-refractivity contribution in [3.05, 3.63) is 0 Å². The number of hydrogen-bond acceptors (Lipinski definition) is 3. The Bertz CT molecular complexity index is 171. The zero-order chi connectivity index (χ0) is 7.56. The molecule has 0 bridgehead atoms. The van der Waals surface area contributed by atoms with Gasteiger partial charge in [0.05, 0.1) is 5.88 Å². The van der Waals surface area contributed by atoms with Gasteiger partial charge in [0.2, 0.25) is 5.91 Å². The normalized spacial score (nSPS) is 30.1. The highest BCUT2D eigenvalue weighted by molar-refractivity contribution is 6.18. The lowest BCUT2D eigenvalue weighted by atomic mass is 10.2. The molecule has 1 amide bonds. The Labute approximate surface area is 63.0 Å². The Hall–Kier alpha value is -0.770. The lowest BCUT2D eigenvalue weighted by Gasteiger charge is -2.09. The van der Waals surface area contributed by atoms with E-state index in [4.69, 9.17) is 22.1 Å². The molecule has 10 heavy (non-hydrogen) atoms. The molecule has 0 aliphatic carbocycles. The van der Waals surface area contributed by atoms with Crippen LogP contribution in [0.5, 0.6) is 0 Å². The van der Waals surface area contributed by atoms with E-state index >= 15 is 0 Å². The van der Waals surface area contributed by atoms with Gasteiger partial charge in [0.15, 0.2) is 12.4 Å². The molecule has 0 aromatic carbocycles. The molecule has 0 aromatic rings. The standard InChI is InChI=1S/C5H7ClN2O2/c6-1-3-4(5(7)9)8-2-10-3/h2-4H,1H2,(H2,7,9). The third-order valence-electron chi connectivity index (χ3n) is 1.25. The van der Waals surface area contributed by atoms with Gasteiger partial charge in [-0.2, -0.15) is 0 Å². The number of halogens is 1. The molecule has 1 aliphatic heterocycles. The summed E-state index contributed by atoms with van der Waals surface area (Å²) in [5.74, 6) is -0.271. The molecule has 1 aliphatic rings. The first-order valence-corrected chi connectivity index (χ1v) is 3.31. The van der Waals surface area contributed by atoms with E-state index in [-0.39, 0.29) is 12.0 Å². The van der Waals surface area contributed by atoms with Crippen molar-refractivity contribution in [2.24, 2.45) is 10.7 Å². The molecular weight excluding hydrogens is 156 g/mol. The minimum atomic E-state index is -0.600. The van der Waals surface area contributed by atoms with Crippen LogP contribution in [0, 0.1) is 0 Å². The Morgan fingerprint density at radius 3 is 3.00 bits per heavy atom. The predicted octanol–water partition coefficient (Wildman–Crippen LogP) is -0.494. The summed E-state index contributed by atoms with van der Waals surface area (Å²) < 4.78 is 4.85. The number of carbonyl (C=O) groups is 1. The van der Waals surface area contributed by atoms with E-state index in [2.05, 4.69) is 4.99 Å². The van der Waals surface area contributed by atoms with Gasteiger partial charge in [0.1, 0.15) is 6.10 Å². The van der Waals surface area contributed by atoms with Gasteiger partial charge in [-0.15, -0.1) is 11.6 Å². The van der Waals surface area contributed by atoms with Crippen molar-refractivity contribution in [3.63, 3.8) is 0 Å². The monoisotopic (exact) mass is 162 g/mol. The van der Waals surface area contributed by atoms with Gasteiger partial charge < -0.3 is 10.5 Å². The lowest BCUT2D eigenvalue weighted by Crippen LogP contribution is -2.36. The molecule has 1 heterocycles. The number of hydrogen-bond donors (Lipinski definition) is 1. The molecule has 1 rings (SSSR count). The van der Waals surface area contributed by atoms with Gasteiger partial charge >= 0.3 is 0 Å². The van der Waals surface area contributed by atoms with Crippen LogP contribution in [0.25, 0.3) is 0 Å². The van der Waals surface area contributed by atoms with Crippen LogP contribution in [0.1, 0.15) is 0 Å². The number of amides is 1. The molecule has 0 aromatic heterocycles. The fourth-order valence-corrected chi connectivity index (χ4v) is 0.968. The van der Waals surface area contributed by atoms with Crippen molar-refractivity contribution >= 4 is 23.9 Å². The highest BCUT2D eigenvalue weighted by Crippen LogP contribution is 2.10. The van der Waals surface area contributed by atoms with E-state index in [9.17, 15) is 4.79 Å². The number of nitrogens with two attached hydrogens (primary N) is 1. The second kappa shape index (κ2) is 2.88. The van der Waals surface area contributed by atoms with Gasteiger partial charge in [-0.05, 0) is 0 Å². The minimum Gasteiger partial charge on any atom is -0.476 e. The molecular formula is C5H7ClN2O2. The SMILES string of the molecule is NC(=O)C1N=COC1CCl. The second-order valence-electron chi connectivity index (χ2n) is 1.93. The first-order chi connectivity index (χ1) is 4.75. The molecule has 4 nitrogen and oxygen atoms in total. The van der Waals surface area contributed by atoms with Crippen LogP contribution < -0.4 is 5.73 Å². The molecule has 5 heteroatoms. The zero-order valence-corrected chi connectivity index (χ0v) is 5.91. The summed E-state index contributed by atoms with van der Waals surface area (Å²) in [6, 6.07) is -0.600. The number of nitrogens with zero attached hydrogens (tertiary/aromatic N) is 1. The Morgan fingerprint density at radius 2 is 2.60 bits per heavy atom. The van der Waals surface area contributed by atoms with Gasteiger partial charge in [-0.1, -0.05) is 0 Å². The number of carbonyl (C=O) groups excluding carboxylic acids is 1. The lowest BCUT2D eigenvalue weighted by molar-refractivity contribution is -0.120. The van der Waals surface area contributed by atoms with Crippen molar-refractivity contribution in [1.82, 2.24) is 0 Å². The first kappa shape index (κ1) is 7.34. The van der Waals surface area contributed by atoms with Gasteiger partial charge in [0, 0.05) is 0 Å². The largest absolute Gasteiger partial charge is 0.476 e. The summed E-state index contributed by atoms with van der Waals surface area (Å²) >= 11 is 5.43. The maximum absolute atomic E-state index is 10.5. The molecule has 0 spiro atoms. The number of primary amides is 1. The van der Waals surface area contributed by atoms with Crippen molar-refractivity contribution in [2.75, 3.05) is 5.88 Å². The van der Waals surface area contributed by atoms with Crippen LogP contribution in [-0.4, -0.2) is 30.3 Å². The van der Waals surface area contributed by atoms with Crippen LogP contribution in [0.15, 0.2) is 4.99 Å². The maximum atomic E-state index is 10.5. The Morgan fingerprint density at radius 1 is 1.90 bits per heavy atom. The molecule has 0 saturated heterocycles. The van der Waals surface area contributed by atoms with Crippen LogP contribution in [0.3, 0.4) is 0 Å². The highest BCUT2D eigenvalue weighted by Gasteiger charge is 2.29. The topological polar surface area (TPSA) is 64.7 Å². The first-order valence-electron chi connectivity index (χ1n) is 2.78. The van der Waals surface area contributed by atoms with Crippen molar-refractivity contribution in [1.29, 1.82) is 0 Å². The van der Waals surface area contributed by atoms with E-state index in [0.29, 0.717) is 0 Å². The van der Waals surface area contributed by atoms with E-state index in [0.717, 1.165) is 0 Å².